The van der Waals surface area contributed by atoms with Crippen molar-refractivity contribution in [3.8, 4) is 5.75 Å². The molecule has 2 rings (SSSR count). The number of piperidine rings is 1. The van der Waals surface area contributed by atoms with Gasteiger partial charge in [0.1, 0.15) is 12.4 Å². The van der Waals surface area contributed by atoms with Crippen molar-refractivity contribution in [1.29, 1.82) is 0 Å². The highest BCUT2D eigenvalue weighted by Crippen LogP contribution is 2.23. The van der Waals surface area contributed by atoms with Gasteiger partial charge in [0.15, 0.2) is 0 Å². The van der Waals surface area contributed by atoms with Gasteiger partial charge in [-0.1, -0.05) is 30.7 Å². The number of likely N-dealkylation sites (tertiary alicyclic amines) is 1. The molecule has 1 aliphatic heterocycles. The van der Waals surface area contributed by atoms with Crippen molar-refractivity contribution in [1.82, 2.24) is 4.90 Å². The van der Waals surface area contributed by atoms with E-state index in [1.165, 1.54) is 6.42 Å². The van der Waals surface area contributed by atoms with Gasteiger partial charge in [0.25, 0.3) is 0 Å². The second kappa shape index (κ2) is 6.41. The van der Waals surface area contributed by atoms with Gasteiger partial charge in [0, 0.05) is 19.1 Å². The Hall–Kier alpha value is -0.770. The van der Waals surface area contributed by atoms with Gasteiger partial charge in [-0.25, -0.2) is 0 Å². The quantitative estimate of drug-likeness (QED) is 0.911. The molecule has 1 aromatic carbocycles. The van der Waals surface area contributed by atoms with Crippen molar-refractivity contribution in [3.63, 3.8) is 0 Å². The normalized spacial score (nSPS) is 25.1. The predicted molar refractivity (Wildman–Crippen MR) is 75.1 cm³/mol. The summed E-state index contributed by atoms with van der Waals surface area (Å²) in [6, 6.07) is 7.86. The molecule has 0 amide bonds. The minimum absolute atomic E-state index is 0.291. The molecule has 2 atom stereocenters. The molecule has 2 unspecified atom stereocenters. The molecule has 0 aromatic heterocycles. The van der Waals surface area contributed by atoms with E-state index in [0.29, 0.717) is 23.6 Å². The predicted octanol–water partition coefficient (Wildman–Crippen LogP) is 2.39. The van der Waals surface area contributed by atoms with E-state index < -0.39 is 0 Å². The number of ether oxygens (including phenoxy) is 1. The molecule has 1 heterocycles. The van der Waals surface area contributed by atoms with Gasteiger partial charge in [0.2, 0.25) is 0 Å². The fourth-order valence-corrected chi connectivity index (χ4v) is 2.41. The summed E-state index contributed by atoms with van der Waals surface area (Å²) < 4.78 is 5.69. The highest BCUT2D eigenvalue weighted by molar-refractivity contribution is 6.32. The standard InChI is InChI=1S/C14H21ClN2O/c1-11-6-7-17(10-13(11)16)8-9-18-14-5-3-2-4-12(14)15/h2-5,11,13H,6-10,16H2,1H3. The Labute approximate surface area is 114 Å². The first-order valence-corrected chi connectivity index (χ1v) is 6.90. The second-order valence-corrected chi connectivity index (χ2v) is 5.42. The molecule has 0 spiro atoms. The van der Waals surface area contributed by atoms with Crippen molar-refractivity contribution in [2.75, 3.05) is 26.2 Å². The molecule has 1 fully saturated rings. The lowest BCUT2D eigenvalue weighted by Crippen LogP contribution is -2.48. The number of rotatable bonds is 4. The summed E-state index contributed by atoms with van der Waals surface area (Å²) in [5.74, 6) is 1.39. The molecule has 0 aliphatic carbocycles. The molecule has 0 radical (unpaired) electrons. The molecular formula is C14H21ClN2O. The van der Waals surface area contributed by atoms with Crippen molar-refractivity contribution >= 4 is 11.6 Å². The maximum Gasteiger partial charge on any atom is 0.137 e. The van der Waals surface area contributed by atoms with Gasteiger partial charge in [-0.2, -0.15) is 0 Å². The topological polar surface area (TPSA) is 38.5 Å². The van der Waals surface area contributed by atoms with E-state index in [2.05, 4.69) is 11.8 Å². The summed E-state index contributed by atoms with van der Waals surface area (Å²) in [4.78, 5) is 2.36. The summed E-state index contributed by atoms with van der Waals surface area (Å²) in [5.41, 5.74) is 6.07. The lowest BCUT2D eigenvalue weighted by Gasteiger charge is -2.34. The third-order valence-corrected chi connectivity index (χ3v) is 3.91. The summed E-state index contributed by atoms with van der Waals surface area (Å²) in [6.45, 7) is 5.87. The van der Waals surface area contributed by atoms with E-state index in [-0.39, 0.29) is 0 Å². The van der Waals surface area contributed by atoms with Gasteiger partial charge in [-0.05, 0) is 31.0 Å². The number of halogens is 1. The second-order valence-electron chi connectivity index (χ2n) is 5.01. The Morgan fingerprint density at radius 1 is 1.44 bits per heavy atom. The molecule has 0 bridgehead atoms. The molecular weight excluding hydrogens is 248 g/mol. The van der Waals surface area contributed by atoms with Crippen LogP contribution in [0.15, 0.2) is 24.3 Å². The highest BCUT2D eigenvalue weighted by Gasteiger charge is 2.22. The van der Waals surface area contributed by atoms with Crippen LogP contribution < -0.4 is 10.5 Å². The first-order valence-electron chi connectivity index (χ1n) is 6.52. The number of hydrogen-bond acceptors (Lipinski definition) is 3. The summed E-state index contributed by atoms with van der Waals surface area (Å²) >= 11 is 6.03. The maximum absolute atomic E-state index is 6.07. The number of para-hydroxylation sites is 1. The number of nitrogens with two attached hydrogens (primary N) is 1. The minimum atomic E-state index is 0.291. The van der Waals surface area contributed by atoms with Crippen LogP contribution >= 0.6 is 11.6 Å². The van der Waals surface area contributed by atoms with Crippen molar-refractivity contribution < 1.29 is 4.74 Å². The van der Waals surface area contributed by atoms with Crippen molar-refractivity contribution in [3.05, 3.63) is 29.3 Å². The monoisotopic (exact) mass is 268 g/mol. The van der Waals surface area contributed by atoms with Crippen LogP contribution in [0.25, 0.3) is 0 Å². The average molecular weight is 269 g/mol. The van der Waals surface area contributed by atoms with Crippen LogP contribution in [0.1, 0.15) is 13.3 Å². The molecule has 18 heavy (non-hydrogen) atoms. The zero-order valence-corrected chi connectivity index (χ0v) is 11.6. The number of hydrogen-bond donors (Lipinski definition) is 1. The average Bonchev–Trinajstić information content (AvgIpc) is 2.36. The molecule has 2 N–H and O–H groups in total. The van der Waals surface area contributed by atoms with Crippen LogP contribution in [-0.2, 0) is 0 Å². The molecule has 0 saturated carbocycles. The van der Waals surface area contributed by atoms with Crippen molar-refractivity contribution in [2.45, 2.75) is 19.4 Å². The van der Waals surface area contributed by atoms with Crippen LogP contribution in [-0.4, -0.2) is 37.2 Å². The SMILES string of the molecule is CC1CCN(CCOc2ccccc2Cl)CC1N. The highest BCUT2D eigenvalue weighted by atomic mass is 35.5. The smallest absolute Gasteiger partial charge is 0.137 e. The van der Waals surface area contributed by atoms with E-state index >= 15 is 0 Å². The van der Waals surface area contributed by atoms with Gasteiger partial charge < -0.3 is 10.5 Å². The zero-order valence-electron chi connectivity index (χ0n) is 10.8. The van der Waals surface area contributed by atoms with Crippen LogP contribution in [0.3, 0.4) is 0 Å². The van der Waals surface area contributed by atoms with E-state index in [1.54, 1.807) is 0 Å². The first kappa shape index (κ1) is 13.7. The Kier molecular flexibility index (Phi) is 4.87. The maximum atomic E-state index is 6.07. The van der Waals surface area contributed by atoms with Crippen LogP contribution in [0.5, 0.6) is 5.75 Å². The van der Waals surface area contributed by atoms with Gasteiger partial charge in [0.05, 0.1) is 5.02 Å². The van der Waals surface area contributed by atoms with Gasteiger partial charge in [-0.15, -0.1) is 0 Å². The van der Waals surface area contributed by atoms with Crippen LogP contribution in [0.4, 0.5) is 0 Å². The fourth-order valence-electron chi connectivity index (χ4n) is 2.22. The molecule has 1 saturated heterocycles. The Bertz CT molecular complexity index is 386. The zero-order chi connectivity index (χ0) is 13.0. The summed E-state index contributed by atoms with van der Waals surface area (Å²) in [5, 5.41) is 0.668. The lowest BCUT2D eigenvalue weighted by molar-refractivity contribution is 0.143. The molecule has 4 heteroatoms. The Morgan fingerprint density at radius 2 is 2.22 bits per heavy atom. The molecule has 3 nitrogen and oxygen atoms in total. The molecule has 100 valence electrons. The van der Waals surface area contributed by atoms with Crippen LogP contribution in [0, 0.1) is 5.92 Å². The Balaban J connectivity index is 1.74. The number of nitrogens with zero attached hydrogens (tertiary/aromatic N) is 1. The third kappa shape index (κ3) is 3.61. The van der Waals surface area contributed by atoms with Crippen LogP contribution in [0.2, 0.25) is 5.02 Å². The van der Waals surface area contributed by atoms with E-state index in [0.717, 1.165) is 25.4 Å². The van der Waals surface area contributed by atoms with E-state index in [4.69, 9.17) is 22.1 Å². The minimum Gasteiger partial charge on any atom is -0.491 e. The van der Waals surface area contributed by atoms with Crippen molar-refractivity contribution in [2.24, 2.45) is 11.7 Å². The van der Waals surface area contributed by atoms with Gasteiger partial charge >= 0.3 is 0 Å². The molecule has 1 aliphatic rings. The molecule has 1 aromatic rings. The summed E-state index contributed by atoms with van der Waals surface area (Å²) in [7, 11) is 0. The first-order chi connectivity index (χ1) is 8.66. The van der Waals surface area contributed by atoms with E-state index in [1.807, 2.05) is 24.3 Å². The largest absolute Gasteiger partial charge is 0.491 e. The summed E-state index contributed by atoms with van der Waals surface area (Å²) in [6.07, 6.45) is 1.17. The van der Waals surface area contributed by atoms with Gasteiger partial charge in [-0.3, -0.25) is 4.90 Å². The van der Waals surface area contributed by atoms with E-state index in [9.17, 15) is 0 Å². The lowest BCUT2D eigenvalue weighted by atomic mass is 9.94. The Morgan fingerprint density at radius 3 is 2.94 bits per heavy atom. The third-order valence-electron chi connectivity index (χ3n) is 3.60. The fraction of sp³-hybridized carbons (Fsp3) is 0.571. The number of benzene rings is 1.